The van der Waals surface area contributed by atoms with E-state index in [2.05, 4.69) is 6.92 Å². The van der Waals surface area contributed by atoms with E-state index in [0.717, 1.165) is 24.0 Å². The maximum absolute atomic E-state index is 13.0. The minimum absolute atomic E-state index is 0.226. The Balaban J connectivity index is 2.15. The predicted octanol–water partition coefficient (Wildman–Crippen LogP) is 3.99. The molecule has 0 aliphatic heterocycles. The minimum Gasteiger partial charge on any atom is -0.388 e. The highest BCUT2D eigenvalue weighted by atomic mass is 19.1. The van der Waals surface area contributed by atoms with Crippen LogP contribution in [0.25, 0.3) is 0 Å². The Kier molecular flexibility index (Phi) is 3.82. The van der Waals surface area contributed by atoms with Gasteiger partial charge in [-0.3, -0.25) is 0 Å². The molecule has 0 heterocycles. The van der Waals surface area contributed by atoms with Crippen molar-refractivity contribution in [3.05, 3.63) is 35.1 Å². The van der Waals surface area contributed by atoms with E-state index in [1.165, 1.54) is 25.0 Å². The van der Waals surface area contributed by atoms with Gasteiger partial charge in [0.05, 0.1) is 6.10 Å². The van der Waals surface area contributed by atoms with Gasteiger partial charge in [0.2, 0.25) is 0 Å². The number of hydrogen-bond donors (Lipinski definition) is 1. The number of aliphatic hydroxyl groups is 1. The Morgan fingerprint density at radius 1 is 1.35 bits per heavy atom. The van der Waals surface area contributed by atoms with E-state index < -0.39 is 6.10 Å². The van der Waals surface area contributed by atoms with E-state index in [0.29, 0.717) is 11.8 Å². The summed E-state index contributed by atoms with van der Waals surface area (Å²) in [5, 5.41) is 10.4. The fourth-order valence-electron chi connectivity index (χ4n) is 2.99. The molecular weight excluding hydrogens is 215 g/mol. The molecule has 0 saturated heterocycles. The van der Waals surface area contributed by atoms with Crippen molar-refractivity contribution in [1.82, 2.24) is 0 Å². The van der Waals surface area contributed by atoms with E-state index >= 15 is 0 Å². The Morgan fingerprint density at radius 2 is 2.12 bits per heavy atom. The van der Waals surface area contributed by atoms with Crippen molar-refractivity contribution >= 4 is 0 Å². The smallest absolute Gasteiger partial charge is 0.123 e. The Bertz CT molecular complexity index is 389. The number of benzene rings is 1. The normalized spacial score (nSPS) is 26.8. The van der Waals surface area contributed by atoms with Crippen LogP contribution in [0, 0.1) is 24.6 Å². The molecule has 0 spiro atoms. The summed E-state index contributed by atoms with van der Waals surface area (Å²) in [6.07, 6.45) is 4.20. The summed E-state index contributed by atoms with van der Waals surface area (Å²) in [5.74, 6) is 0.808. The van der Waals surface area contributed by atoms with Crippen molar-refractivity contribution in [2.24, 2.45) is 11.8 Å². The van der Waals surface area contributed by atoms with E-state index in [-0.39, 0.29) is 5.82 Å². The average Bonchev–Trinajstić information content (AvgIpc) is 2.28. The van der Waals surface area contributed by atoms with Gasteiger partial charge in [0.25, 0.3) is 0 Å². The number of rotatable bonds is 2. The third-order valence-electron chi connectivity index (χ3n) is 3.97. The summed E-state index contributed by atoms with van der Waals surface area (Å²) in [6.45, 7) is 4.12. The number of halogens is 1. The molecule has 17 heavy (non-hydrogen) atoms. The lowest BCUT2D eigenvalue weighted by molar-refractivity contribution is 0.0709. The topological polar surface area (TPSA) is 20.2 Å². The van der Waals surface area contributed by atoms with Crippen molar-refractivity contribution in [2.75, 3.05) is 0 Å². The Morgan fingerprint density at radius 3 is 2.76 bits per heavy atom. The van der Waals surface area contributed by atoms with Crippen molar-refractivity contribution in [3.8, 4) is 0 Å². The highest BCUT2D eigenvalue weighted by molar-refractivity contribution is 5.29. The van der Waals surface area contributed by atoms with Gasteiger partial charge >= 0.3 is 0 Å². The van der Waals surface area contributed by atoms with E-state index in [4.69, 9.17) is 0 Å². The average molecular weight is 236 g/mol. The van der Waals surface area contributed by atoms with Crippen molar-refractivity contribution < 1.29 is 9.50 Å². The molecule has 0 aromatic heterocycles. The van der Waals surface area contributed by atoms with Gasteiger partial charge in [-0.2, -0.15) is 0 Å². The van der Waals surface area contributed by atoms with Crippen LogP contribution in [0.5, 0.6) is 0 Å². The zero-order valence-electron chi connectivity index (χ0n) is 10.6. The fourth-order valence-corrected chi connectivity index (χ4v) is 2.99. The van der Waals surface area contributed by atoms with Crippen molar-refractivity contribution in [2.45, 2.75) is 45.6 Å². The van der Waals surface area contributed by atoms with Crippen LogP contribution < -0.4 is 0 Å². The lowest BCUT2D eigenvalue weighted by Gasteiger charge is -2.31. The fraction of sp³-hybridized carbons (Fsp3) is 0.600. The molecule has 1 aromatic rings. The van der Waals surface area contributed by atoms with Crippen LogP contribution in [-0.2, 0) is 0 Å². The van der Waals surface area contributed by atoms with Crippen LogP contribution in [0.1, 0.15) is 49.8 Å². The largest absolute Gasteiger partial charge is 0.388 e. The molecule has 1 aliphatic carbocycles. The first-order valence-electron chi connectivity index (χ1n) is 6.52. The second-order valence-corrected chi connectivity index (χ2v) is 5.48. The molecule has 0 amide bonds. The molecule has 1 fully saturated rings. The van der Waals surface area contributed by atoms with Crippen molar-refractivity contribution in [3.63, 3.8) is 0 Å². The molecule has 0 bridgehead atoms. The minimum atomic E-state index is -0.432. The first kappa shape index (κ1) is 12.6. The van der Waals surface area contributed by atoms with Gasteiger partial charge in [0.1, 0.15) is 5.82 Å². The molecule has 1 nitrogen and oxygen atoms in total. The summed E-state index contributed by atoms with van der Waals surface area (Å²) in [4.78, 5) is 0. The van der Waals surface area contributed by atoms with E-state index in [1.807, 2.05) is 6.92 Å². The summed E-state index contributed by atoms with van der Waals surface area (Å²) in [6, 6.07) is 4.68. The standard InChI is InChI=1S/C15H21FO/c1-10-4-3-5-12(8-10)15(17)14-7-6-13(16)9-11(14)2/h6-7,9-10,12,15,17H,3-5,8H2,1-2H3. The van der Waals surface area contributed by atoms with Crippen molar-refractivity contribution in [1.29, 1.82) is 0 Å². The second-order valence-electron chi connectivity index (χ2n) is 5.48. The molecule has 2 heteroatoms. The van der Waals surface area contributed by atoms with E-state index in [1.54, 1.807) is 6.07 Å². The third-order valence-corrected chi connectivity index (χ3v) is 3.97. The molecule has 3 atom stereocenters. The molecule has 3 unspecified atom stereocenters. The maximum atomic E-state index is 13.0. The zero-order valence-corrected chi connectivity index (χ0v) is 10.6. The SMILES string of the molecule is Cc1cc(F)ccc1C(O)C1CCCC(C)C1. The maximum Gasteiger partial charge on any atom is 0.123 e. The quantitative estimate of drug-likeness (QED) is 0.823. The van der Waals surface area contributed by atoms with Gasteiger partial charge in [0.15, 0.2) is 0 Å². The second kappa shape index (κ2) is 5.18. The van der Waals surface area contributed by atoms with Crippen LogP contribution in [0.15, 0.2) is 18.2 Å². The molecule has 1 aromatic carbocycles. The van der Waals surface area contributed by atoms with Gasteiger partial charge in [-0.15, -0.1) is 0 Å². The number of aryl methyl sites for hydroxylation is 1. The van der Waals surface area contributed by atoms with Gasteiger partial charge in [0, 0.05) is 0 Å². The van der Waals surface area contributed by atoms with Gasteiger partial charge < -0.3 is 5.11 Å². The van der Waals surface area contributed by atoms with Crippen LogP contribution in [-0.4, -0.2) is 5.11 Å². The molecule has 0 radical (unpaired) electrons. The highest BCUT2D eigenvalue weighted by Gasteiger charge is 2.27. The molecule has 94 valence electrons. The summed E-state index contributed by atoms with van der Waals surface area (Å²) in [7, 11) is 0. The molecule has 1 N–H and O–H groups in total. The summed E-state index contributed by atoms with van der Waals surface area (Å²) < 4.78 is 13.0. The van der Waals surface area contributed by atoms with Gasteiger partial charge in [-0.05, 0) is 54.9 Å². The van der Waals surface area contributed by atoms with Crippen LogP contribution in [0.2, 0.25) is 0 Å². The number of aliphatic hydroxyl groups excluding tert-OH is 1. The van der Waals surface area contributed by atoms with Gasteiger partial charge in [-0.1, -0.05) is 25.8 Å². The predicted molar refractivity (Wildman–Crippen MR) is 67.2 cm³/mol. The third kappa shape index (κ3) is 2.86. The van der Waals surface area contributed by atoms with Crippen LogP contribution in [0.3, 0.4) is 0 Å². The van der Waals surface area contributed by atoms with E-state index in [9.17, 15) is 9.50 Å². The monoisotopic (exact) mass is 236 g/mol. The first-order valence-corrected chi connectivity index (χ1v) is 6.52. The number of hydrogen-bond acceptors (Lipinski definition) is 1. The highest BCUT2D eigenvalue weighted by Crippen LogP contribution is 2.37. The first-order chi connectivity index (χ1) is 8.08. The summed E-state index contributed by atoms with van der Waals surface area (Å²) >= 11 is 0. The van der Waals surface area contributed by atoms with Crippen LogP contribution in [0.4, 0.5) is 4.39 Å². The lowest BCUT2D eigenvalue weighted by atomic mass is 9.77. The van der Waals surface area contributed by atoms with Crippen LogP contribution >= 0.6 is 0 Å². The van der Waals surface area contributed by atoms with Gasteiger partial charge in [-0.25, -0.2) is 4.39 Å². The Hall–Kier alpha value is -0.890. The molecule has 2 rings (SSSR count). The molecule has 1 aliphatic rings. The lowest BCUT2D eigenvalue weighted by Crippen LogP contribution is -2.20. The molecule has 1 saturated carbocycles. The zero-order chi connectivity index (χ0) is 12.4. The molecular formula is C15H21FO. The summed E-state index contributed by atoms with van der Waals surface area (Å²) in [5.41, 5.74) is 1.75. The Labute approximate surface area is 103 Å².